The summed E-state index contributed by atoms with van der Waals surface area (Å²) >= 11 is 0. The number of amides is 1. The molecular weight excluding hydrogens is 338 g/mol. The van der Waals surface area contributed by atoms with E-state index in [0.717, 1.165) is 17.7 Å². The molecule has 1 aliphatic heterocycles. The van der Waals surface area contributed by atoms with Gasteiger partial charge in [-0.2, -0.15) is 0 Å². The van der Waals surface area contributed by atoms with Gasteiger partial charge in [0.1, 0.15) is 0 Å². The first-order chi connectivity index (χ1) is 13.3. The molecular formula is C22H23N3O2. The average molecular weight is 361 g/mol. The summed E-state index contributed by atoms with van der Waals surface area (Å²) in [5.74, 6) is 0.103. The molecule has 2 aromatic carbocycles. The van der Waals surface area contributed by atoms with Gasteiger partial charge in [0.15, 0.2) is 0 Å². The lowest BCUT2D eigenvalue weighted by molar-refractivity contribution is -0.136. The van der Waals surface area contributed by atoms with Crippen molar-refractivity contribution in [2.75, 3.05) is 13.2 Å². The number of imidazole rings is 1. The van der Waals surface area contributed by atoms with Crippen LogP contribution in [0, 0.1) is 5.92 Å². The fourth-order valence-corrected chi connectivity index (χ4v) is 3.43. The van der Waals surface area contributed by atoms with E-state index in [4.69, 9.17) is 4.74 Å². The monoisotopic (exact) mass is 361 g/mol. The summed E-state index contributed by atoms with van der Waals surface area (Å²) in [7, 11) is 0. The van der Waals surface area contributed by atoms with Crippen LogP contribution in [-0.4, -0.2) is 34.0 Å². The van der Waals surface area contributed by atoms with Crippen molar-refractivity contribution in [1.29, 1.82) is 0 Å². The summed E-state index contributed by atoms with van der Waals surface area (Å²) in [5.41, 5.74) is 4.41. The standard InChI is InChI=1S/C22H23N3O2/c26-22(20-10-11-27-15-20)25(14-21-12-23-16-24-21)13-17-6-8-19(9-7-17)18-4-2-1-3-5-18/h1-9,12,16,20H,10-11,13-15H2,(H,23,24). The lowest BCUT2D eigenvalue weighted by atomic mass is 10.0. The first-order valence-corrected chi connectivity index (χ1v) is 9.28. The number of benzene rings is 2. The highest BCUT2D eigenvalue weighted by atomic mass is 16.5. The Kier molecular flexibility index (Phi) is 5.30. The number of carbonyl (C=O) groups excluding carboxylic acids is 1. The van der Waals surface area contributed by atoms with Gasteiger partial charge in [-0.15, -0.1) is 0 Å². The lowest BCUT2D eigenvalue weighted by Crippen LogP contribution is -2.35. The van der Waals surface area contributed by atoms with Crippen LogP contribution in [0.1, 0.15) is 17.7 Å². The van der Waals surface area contributed by atoms with Crippen molar-refractivity contribution in [3.05, 3.63) is 78.4 Å². The summed E-state index contributed by atoms with van der Waals surface area (Å²) in [6.45, 7) is 2.28. The average Bonchev–Trinajstić information content (AvgIpc) is 3.42. The third kappa shape index (κ3) is 4.26. The Morgan fingerprint density at radius 1 is 1.07 bits per heavy atom. The van der Waals surface area contributed by atoms with Gasteiger partial charge >= 0.3 is 0 Å². The quantitative estimate of drug-likeness (QED) is 0.729. The van der Waals surface area contributed by atoms with Gasteiger partial charge in [0, 0.05) is 19.3 Å². The number of hydrogen-bond acceptors (Lipinski definition) is 3. The van der Waals surface area contributed by atoms with E-state index in [2.05, 4.69) is 46.4 Å². The van der Waals surface area contributed by atoms with Gasteiger partial charge in [-0.1, -0.05) is 54.6 Å². The highest BCUT2D eigenvalue weighted by molar-refractivity contribution is 5.79. The normalized spacial score (nSPS) is 16.4. The summed E-state index contributed by atoms with van der Waals surface area (Å²) in [6, 6.07) is 18.7. The number of hydrogen-bond donors (Lipinski definition) is 1. The highest BCUT2D eigenvalue weighted by Crippen LogP contribution is 2.22. The van der Waals surface area contributed by atoms with Crippen molar-refractivity contribution in [3.63, 3.8) is 0 Å². The molecule has 1 fully saturated rings. The van der Waals surface area contributed by atoms with E-state index in [0.29, 0.717) is 26.3 Å². The van der Waals surface area contributed by atoms with Crippen molar-refractivity contribution in [2.45, 2.75) is 19.5 Å². The third-order valence-corrected chi connectivity index (χ3v) is 4.94. The van der Waals surface area contributed by atoms with E-state index in [1.165, 1.54) is 11.1 Å². The number of ether oxygens (including phenoxy) is 1. The van der Waals surface area contributed by atoms with Crippen LogP contribution in [0.25, 0.3) is 11.1 Å². The Bertz CT molecular complexity index is 854. The maximum atomic E-state index is 13.0. The second-order valence-electron chi connectivity index (χ2n) is 6.89. The van der Waals surface area contributed by atoms with Gasteiger partial charge < -0.3 is 14.6 Å². The van der Waals surface area contributed by atoms with Crippen LogP contribution in [-0.2, 0) is 22.6 Å². The zero-order valence-corrected chi connectivity index (χ0v) is 15.2. The molecule has 5 nitrogen and oxygen atoms in total. The van der Waals surface area contributed by atoms with Crippen molar-refractivity contribution in [1.82, 2.24) is 14.9 Å². The van der Waals surface area contributed by atoms with Crippen molar-refractivity contribution in [3.8, 4) is 11.1 Å². The number of aromatic nitrogens is 2. The Labute approximate surface area is 159 Å². The summed E-state index contributed by atoms with van der Waals surface area (Å²) in [6.07, 6.45) is 4.21. The molecule has 1 aliphatic rings. The van der Waals surface area contributed by atoms with Crippen molar-refractivity contribution < 1.29 is 9.53 Å². The van der Waals surface area contributed by atoms with Gasteiger partial charge in [-0.3, -0.25) is 4.79 Å². The van der Waals surface area contributed by atoms with Crippen molar-refractivity contribution in [2.24, 2.45) is 5.92 Å². The number of carbonyl (C=O) groups is 1. The first-order valence-electron chi connectivity index (χ1n) is 9.28. The zero-order valence-electron chi connectivity index (χ0n) is 15.2. The van der Waals surface area contributed by atoms with E-state index in [-0.39, 0.29) is 11.8 Å². The van der Waals surface area contributed by atoms with Crippen LogP contribution in [0.4, 0.5) is 0 Å². The molecule has 1 saturated heterocycles. The minimum atomic E-state index is -0.0449. The fraction of sp³-hybridized carbons (Fsp3) is 0.273. The van der Waals surface area contributed by atoms with Crippen LogP contribution in [0.5, 0.6) is 0 Å². The SMILES string of the molecule is O=C(C1CCOC1)N(Cc1ccc(-c2ccccc2)cc1)Cc1cnc[nH]1. The molecule has 3 aromatic rings. The fourth-order valence-electron chi connectivity index (χ4n) is 3.43. The smallest absolute Gasteiger partial charge is 0.228 e. The third-order valence-electron chi connectivity index (χ3n) is 4.94. The second-order valence-corrected chi connectivity index (χ2v) is 6.89. The molecule has 138 valence electrons. The molecule has 1 atom stereocenters. The molecule has 4 rings (SSSR count). The van der Waals surface area contributed by atoms with E-state index in [1.54, 1.807) is 12.5 Å². The zero-order chi connectivity index (χ0) is 18.5. The first kappa shape index (κ1) is 17.5. The van der Waals surface area contributed by atoms with Crippen LogP contribution in [0.2, 0.25) is 0 Å². The van der Waals surface area contributed by atoms with Crippen LogP contribution in [0.15, 0.2) is 67.1 Å². The molecule has 1 unspecified atom stereocenters. The molecule has 1 N–H and O–H groups in total. The van der Waals surface area contributed by atoms with Gasteiger partial charge in [0.05, 0.1) is 31.1 Å². The molecule has 27 heavy (non-hydrogen) atoms. The molecule has 2 heterocycles. The Hall–Kier alpha value is -2.92. The van der Waals surface area contributed by atoms with Crippen LogP contribution in [0.3, 0.4) is 0 Å². The molecule has 0 radical (unpaired) electrons. The number of aromatic amines is 1. The summed E-state index contributed by atoms with van der Waals surface area (Å²) < 4.78 is 5.41. The minimum Gasteiger partial charge on any atom is -0.381 e. The molecule has 1 amide bonds. The van der Waals surface area contributed by atoms with E-state index < -0.39 is 0 Å². The maximum absolute atomic E-state index is 13.0. The molecule has 5 heteroatoms. The highest BCUT2D eigenvalue weighted by Gasteiger charge is 2.28. The van der Waals surface area contributed by atoms with Crippen LogP contribution >= 0.6 is 0 Å². The Morgan fingerprint density at radius 3 is 2.52 bits per heavy atom. The second kappa shape index (κ2) is 8.18. The predicted octanol–water partition coefficient (Wildman–Crippen LogP) is 3.64. The molecule has 0 saturated carbocycles. The largest absolute Gasteiger partial charge is 0.381 e. The minimum absolute atomic E-state index is 0.0449. The molecule has 0 aliphatic carbocycles. The van der Waals surface area contributed by atoms with Crippen LogP contribution < -0.4 is 0 Å². The molecule has 0 spiro atoms. The van der Waals surface area contributed by atoms with E-state index in [9.17, 15) is 4.79 Å². The van der Waals surface area contributed by atoms with Crippen molar-refractivity contribution >= 4 is 5.91 Å². The Balaban J connectivity index is 1.51. The number of nitrogens with zero attached hydrogens (tertiary/aromatic N) is 2. The number of rotatable bonds is 6. The molecule has 1 aromatic heterocycles. The molecule has 0 bridgehead atoms. The van der Waals surface area contributed by atoms with Gasteiger partial charge in [-0.25, -0.2) is 4.98 Å². The summed E-state index contributed by atoms with van der Waals surface area (Å²) in [4.78, 5) is 22.0. The lowest BCUT2D eigenvalue weighted by Gasteiger charge is -2.25. The van der Waals surface area contributed by atoms with E-state index in [1.807, 2.05) is 23.1 Å². The maximum Gasteiger partial charge on any atom is 0.228 e. The number of nitrogens with one attached hydrogen (secondary N) is 1. The predicted molar refractivity (Wildman–Crippen MR) is 104 cm³/mol. The number of H-pyrrole nitrogens is 1. The van der Waals surface area contributed by atoms with Gasteiger partial charge in [0.2, 0.25) is 5.91 Å². The Morgan fingerprint density at radius 2 is 1.85 bits per heavy atom. The van der Waals surface area contributed by atoms with Gasteiger partial charge in [0.25, 0.3) is 0 Å². The topological polar surface area (TPSA) is 58.2 Å². The summed E-state index contributed by atoms with van der Waals surface area (Å²) in [5, 5.41) is 0. The van der Waals surface area contributed by atoms with Gasteiger partial charge in [-0.05, 0) is 23.1 Å². The van der Waals surface area contributed by atoms with E-state index >= 15 is 0 Å².